The van der Waals surface area contributed by atoms with Gasteiger partial charge in [-0.3, -0.25) is 9.46 Å². The van der Waals surface area contributed by atoms with E-state index in [-0.39, 0.29) is 19.2 Å². The molecule has 2 rings (SSSR count). The molecule has 0 radical (unpaired) electrons. The molecule has 0 saturated carbocycles. The molecule has 0 aliphatic carbocycles. The van der Waals surface area contributed by atoms with Gasteiger partial charge in [0.1, 0.15) is 0 Å². The van der Waals surface area contributed by atoms with Crippen LogP contribution in [0.15, 0.2) is 30.5 Å². The van der Waals surface area contributed by atoms with Gasteiger partial charge in [0.15, 0.2) is 5.78 Å². The van der Waals surface area contributed by atoms with E-state index in [0.717, 1.165) is 11.1 Å². The number of fused-ring (bicyclic) bond motifs is 1. The van der Waals surface area contributed by atoms with E-state index >= 15 is 0 Å². The Kier molecular flexibility index (Phi) is 5.63. The van der Waals surface area contributed by atoms with Crippen LogP contribution in [0.4, 0.5) is 4.79 Å². The average molecular weight is 338 g/mol. The Labute approximate surface area is 137 Å². The second-order valence-electron chi connectivity index (χ2n) is 5.28. The van der Waals surface area contributed by atoms with Crippen molar-refractivity contribution in [2.45, 2.75) is 19.6 Å². The minimum atomic E-state index is -3.55. The largest absolute Gasteiger partial charge is 0.357 e. The van der Waals surface area contributed by atoms with Crippen molar-refractivity contribution in [3.8, 4) is 0 Å². The van der Waals surface area contributed by atoms with Crippen molar-refractivity contribution in [2.75, 3.05) is 27.3 Å². The van der Waals surface area contributed by atoms with Gasteiger partial charge in [-0.05, 0) is 31.1 Å². The number of carbonyl (C=O) groups is 1. The molecule has 0 bridgehead atoms. The quantitative estimate of drug-likeness (QED) is 0.764. The zero-order valence-corrected chi connectivity index (χ0v) is 14.8. The molecule has 1 aliphatic rings. The Balaban J connectivity index is 2.57. The fourth-order valence-corrected chi connectivity index (χ4v) is 4.68. The molecule has 0 fully saturated rings. The molecule has 0 spiro atoms. The zero-order valence-electron chi connectivity index (χ0n) is 13.9. The lowest BCUT2D eigenvalue weighted by molar-refractivity contribution is 0.161. The van der Waals surface area contributed by atoms with E-state index in [1.165, 1.54) is 9.80 Å². The lowest BCUT2D eigenvalue weighted by atomic mass is 10.0. The summed E-state index contributed by atoms with van der Waals surface area (Å²) in [5.74, 6) is -0.793. The van der Waals surface area contributed by atoms with Crippen LogP contribution in [-0.4, -0.2) is 43.1 Å². The van der Waals surface area contributed by atoms with Gasteiger partial charge in [0, 0.05) is 20.3 Å². The Morgan fingerprint density at radius 3 is 2.39 bits per heavy atom. The standard InChI is InChI=1S/C16H23N2O4P/c1-5-21-23(20,22-6-2)15-14-10-8-7-9-13(14)11-12-18(15)16(19)17(3)4/h7-12,15H,5-6H2,1-4H3. The highest BCUT2D eigenvalue weighted by Gasteiger charge is 2.45. The lowest BCUT2D eigenvalue weighted by Gasteiger charge is -2.37. The summed E-state index contributed by atoms with van der Waals surface area (Å²) in [5, 5.41) is 0. The minimum Gasteiger partial charge on any atom is -0.330 e. The average Bonchev–Trinajstić information content (AvgIpc) is 2.53. The first-order valence-corrected chi connectivity index (χ1v) is 9.21. The summed E-state index contributed by atoms with van der Waals surface area (Å²) < 4.78 is 24.4. The number of rotatable bonds is 5. The van der Waals surface area contributed by atoms with Gasteiger partial charge in [0.25, 0.3) is 0 Å². The molecule has 1 aliphatic heterocycles. The van der Waals surface area contributed by atoms with Gasteiger partial charge in [-0.2, -0.15) is 0 Å². The molecule has 6 nitrogen and oxygen atoms in total. The van der Waals surface area contributed by atoms with Crippen molar-refractivity contribution < 1.29 is 18.4 Å². The van der Waals surface area contributed by atoms with E-state index in [1.807, 2.05) is 30.3 Å². The van der Waals surface area contributed by atoms with Crippen LogP contribution < -0.4 is 0 Å². The molecule has 1 aromatic carbocycles. The number of carbonyl (C=O) groups excluding carboxylic acids is 1. The van der Waals surface area contributed by atoms with Crippen LogP contribution in [0.3, 0.4) is 0 Å². The minimum absolute atomic E-state index is 0.240. The van der Waals surface area contributed by atoms with Crippen molar-refractivity contribution in [2.24, 2.45) is 0 Å². The highest BCUT2D eigenvalue weighted by Crippen LogP contribution is 2.63. The molecular weight excluding hydrogens is 315 g/mol. The normalized spacial score (nSPS) is 17.0. The maximum atomic E-state index is 13.4. The van der Waals surface area contributed by atoms with Gasteiger partial charge in [-0.1, -0.05) is 24.3 Å². The van der Waals surface area contributed by atoms with Crippen LogP contribution >= 0.6 is 7.60 Å². The third kappa shape index (κ3) is 3.50. The fourth-order valence-electron chi connectivity index (χ4n) is 2.55. The summed E-state index contributed by atoms with van der Waals surface area (Å²) in [7, 11) is -0.244. The summed E-state index contributed by atoms with van der Waals surface area (Å²) in [6.07, 6.45) is 3.47. The van der Waals surface area contributed by atoms with Crippen LogP contribution in [0.5, 0.6) is 0 Å². The monoisotopic (exact) mass is 338 g/mol. The number of hydrogen-bond donors (Lipinski definition) is 0. The van der Waals surface area contributed by atoms with Gasteiger partial charge in [-0.15, -0.1) is 0 Å². The van der Waals surface area contributed by atoms with E-state index in [2.05, 4.69) is 0 Å². The highest BCUT2D eigenvalue weighted by molar-refractivity contribution is 7.54. The van der Waals surface area contributed by atoms with Crippen LogP contribution in [0, 0.1) is 0 Å². The van der Waals surface area contributed by atoms with Crippen molar-refractivity contribution in [1.29, 1.82) is 0 Å². The van der Waals surface area contributed by atoms with Crippen molar-refractivity contribution in [3.63, 3.8) is 0 Å². The summed E-state index contributed by atoms with van der Waals surface area (Å²) in [6.45, 7) is 4.00. The summed E-state index contributed by atoms with van der Waals surface area (Å²) >= 11 is 0. The number of amides is 2. The SMILES string of the molecule is CCOP(=O)(OCC)C1c2ccccc2C=CN1C(=O)N(C)C. The third-order valence-electron chi connectivity index (χ3n) is 3.47. The Morgan fingerprint density at radius 2 is 1.83 bits per heavy atom. The second-order valence-corrected chi connectivity index (χ2v) is 7.36. The maximum Gasteiger partial charge on any atom is 0.357 e. The molecule has 0 N–H and O–H groups in total. The molecule has 1 atom stereocenters. The van der Waals surface area contributed by atoms with Crippen molar-refractivity contribution in [1.82, 2.24) is 9.80 Å². The van der Waals surface area contributed by atoms with E-state index in [1.54, 1.807) is 34.1 Å². The van der Waals surface area contributed by atoms with Crippen LogP contribution in [0.1, 0.15) is 30.8 Å². The lowest BCUT2D eigenvalue weighted by Crippen LogP contribution is -2.39. The molecule has 0 aromatic heterocycles. The number of nitrogens with zero attached hydrogens (tertiary/aromatic N) is 2. The topological polar surface area (TPSA) is 59.1 Å². The summed E-state index contributed by atoms with van der Waals surface area (Å²) in [5.41, 5.74) is 1.66. The van der Waals surface area contributed by atoms with Crippen molar-refractivity contribution in [3.05, 3.63) is 41.6 Å². The van der Waals surface area contributed by atoms with Gasteiger partial charge in [0.2, 0.25) is 0 Å². The Bertz CT molecular complexity index is 635. The Morgan fingerprint density at radius 1 is 1.22 bits per heavy atom. The number of urea groups is 1. The van der Waals surface area contributed by atoms with Gasteiger partial charge < -0.3 is 13.9 Å². The molecule has 0 saturated heterocycles. The van der Waals surface area contributed by atoms with E-state index in [4.69, 9.17) is 9.05 Å². The second kappa shape index (κ2) is 7.30. The number of benzene rings is 1. The fraction of sp³-hybridized carbons (Fsp3) is 0.438. The predicted molar refractivity (Wildman–Crippen MR) is 90.0 cm³/mol. The molecule has 126 valence electrons. The van der Waals surface area contributed by atoms with Crippen molar-refractivity contribution >= 4 is 19.7 Å². The van der Waals surface area contributed by atoms with Gasteiger partial charge >= 0.3 is 13.6 Å². The summed E-state index contributed by atoms with van der Waals surface area (Å²) in [6, 6.07) is 7.24. The number of hydrogen-bond acceptors (Lipinski definition) is 4. The molecule has 1 aromatic rings. The Hall–Kier alpha value is -1.62. The molecule has 2 amide bonds. The zero-order chi connectivity index (χ0) is 17.0. The molecule has 1 heterocycles. The van der Waals surface area contributed by atoms with Crippen LogP contribution in [0.25, 0.3) is 6.08 Å². The van der Waals surface area contributed by atoms with Gasteiger partial charge in [-0.25, -0.2) is 4.79 Å². The van der Waals surface area contributed by atoms with Crippen LogP contribution in [-0.2, 0) is 13.6 Å². The smallest absolute Gasteiger partial charge is 0.330 e. The molecular formula is C16H23N2O4P. The van der Waals surface area contributed by atoms with E-state index in [0.29, 0.717) is 0 Å². The first-order chi connectivity index (χ1) is 10.9. The van der Waals surface area contributed by atoms with Crippen LogP contribution in [0.2, 0.25) is 0 Å². The molecule has 1 unspecified atom stereocenters. The van der Waals surface area contributed by atoms with Gasteiger partial charge in [0.05, 0.1) is 13.2 Å². The first-order valence-electron chi connectivity index (χ1n) is 7.60. The molecule has 23 heavy (non-hydrogen) atoms. The predicted octanol–water partition coefficient (Wildman–Crippen LogP) is 3.92. The summed E-state index contributed by atoms with van der Waals surface area (Å²) in [4.78, 5) is 15.4. The van der Waals surface area contributed by atoms with E-state index in [9.17, 15) is 9.36 Å². The van der Waals surface area contributed by atoms with E-state index < -0.39 is 13.4 Å². The maximum absolute atomic E-state index is 13.4. The molecule has 7 heteroatoms. The highest BCUT2D eigenvalue weighted by atomic mass is 31.2. The first kappa shape index (κ1) is 17.7. The third-order valence-corrected chi connectivity index (χ3v) is 5.84.